The van der Waals surface area contributed by atoms with Crippen LogP contribution in [0.3, 0.4) is 0 Å². The molecule has 7 nitrogen and oxygen atoms in total. The zero-order valence-corrected chi connectivity index (χ0v) is 11.9. The minimum atomic E-state index is -0.265. The first-order valence-electron chi connectivity index (χ1n) is 7.25. The number of nitrogens with one attached hydrogen (secondary N) is 2. The number of nitrogens with zero attached hydrogens (tertiary/aromatic N) is 1. The van der Waals surface area contributed by atoms with Gasteiger partial charge in [-0.2, -0.15) is 0 Å². The Kier molecular flexibility index (Phi) is 5.46. The molecule has 0 aromatic carbocycles. The lowest BCUT2D eigenvalue weighted by Crippen LogP contribution is -2.51. The Labute approximate surface area is 119 Å². The van der Waals surface area contributed by atoms with Crippen LogP contribution in [0.1, 0.15) is 26.2 Å². The van der Waals surface area contributed by atoms with Crippen molar-refractivity contribution in [3.63, 3.8) is 0 Å². The summed E-state index contributed by atoms with van der Waals surface area (Å²) in [5.41, 5.74) is 0. The van der Waals surface area contributed by atoms with E-state index in [1.165, 1.54) is 0 Å². The van der Waals surface area contributed by atoms with E-state index in [-0.39, 0.29) is 24.2 Å². The summed E-state index contributed by atoms with van der Waals surface area (Å²) in [6.07, 6.45) is 2.12. The summed E-state index contributed by atoms with van der Waals surface area (Å²) in [7, 11) is 0. The van der Waals surface area contributed by atoms with Gasteiger partial charge in [0.1, 0.15) is 0 Å². The summed E-state index contributed by atoms with van der Waals surface area (Å²) in [5, 5.41) is 5.85. The molecule has 1 atom stereocenters. The molecular weight excluding hydrogens is 262 g/mol. The van der Waals surface area contributed by atoms with Gasteiger partial charge >= 0.3 is 12.1 Å². The van der Waals surface area contributed by atoms with Crippen LogP contribution in [0.4, 0.5) is 9.59 Å². The predicted octanol–water partition coefficient (Wildman–Crippen LogP) is 0.695. The highest BCUT2D eigenvalue weighted by atomic mass is 16.6. The van der Waals surface area contributed by atoms with Crippen molar-refractivity contribution in [3.8, 4) is 0 Å². The van der Waals surface area contributed by atoms with Gasteiger partial charge < -0.3 is 25.0 Å². The fourth-order valence-corrected chi connectivity index (χ4v) is 2.48. The smallest absolute Gasteiger partial charge is 0.409 e. The summed E-state index contributed by atoms with van der Waals surface area (Å²) in [6.45, 7) is 4.73. The number of rotatable bonds is 3. The van der Waals surface area contributed by atoms with Crippen LogP contribution in [-0.2, 0) is 9.47 Å². The zero-order chi connectivity index (χ0) is 14.4. The molecule has 0 aliphatic carbocycles. The van der Waals surface area contributed by atoms with Crippen molar-refractivity contribution in [2.24, 2.45) is 0 Å². The average Bonchev–Trinajstić information content (AvgIpc) is 2.92. The molecule has 0 radical (unpaired) electrons. The Bertz CT molecular complexity index is 337. The maximum atomic E-state index is 11.8. The third-order valence-corrected chi connectivity index (χ3v) is 3.62. The molecule has 20 heavy (non-hydrogen) atoms. The highest BCUT2D eigenvalue weighted by Crippen LogP contribution is 2.11. The molecule has 7 heteroatoms. The molecule has 3 amide bonds. The maximum Gasteiger partial charge on any atom is 0.409 e. The van der Waals surface area contributed by atoms with E-state index in [9.17, 15) is 9.59 Å². The first-order valence-corrected chi connectivity index (χ1v) is 7.25. The van der Waals surface area contributed by atoms with Gasteiger partial charge in [-0.05, 0) is 26.2 Å². The van der Waals surface area contributed by atoms with Crippen LogP contribution < -0.4 is 10.6 Å². The number of ether oxygens (including phenoxy) is 2. The molecule has 2 aliphatic heterocycles. The molecular formula is C13H23N3O4. The number of carbonyl (C=O) groups is 2. The monoisotopic (exact) mass is 285 g/mol. The minimum Gasteiger partial charge on any atom is -0.450 e. The van der Waals surface area contributed by atoms with Crippen molar-refractivity contribution in [1.82, 2.24) is 15.5 Å². The second-order valence-electron chi connectivity index (χ2n) is 5.14. The van der Waals surface area contributed by atoms with Crippen molar-refractivity contribution >= 4 is 12.1 Å². The molecule has 1 unspecified atom stereocenters. The number of piperidine rings is 1. The van der Waals surface area contributed by atoms with Crippen LogP contribution in [0, 0.1) is 0 Å². The van der Waals surface area contributed by atoms with E-state index in [1.54, 1.807) is 11.8 Å². The van der Waals surface area contributed by atoms with E-state index < -0.39 is 0 Å². The lowest BCUT2D eigenvalue weighted by Gasteiger charge is -2.31. The van der Waals surface area contributed by atoms with Crippen LogP contribution in [0.5, 0.6) is 0 Å². The highest BCUT2D eigenvalue weighted by molar-refractivity contribution is 5.74. The summed E-state index contributed by atoms with van der Waals surface area (Å²) < 4.78 is 10.2. The molecule has 0 aromatic heterocycles. The average molecular weight is 285 g/mol. The molecule has 2 N–H and O–H groups in total. The molecule has 0 spiro atoms. The van der Waals surface area contributed by atoms with Crippen LogP contribution in [0.2, 0.25) is 0 Å². The molecule has 2 fully saturated rings. The summed E-state index contributed by atoms with van der Waals surface area (Å²) >= 11 is 0. The largest absolute Gasteiger partial charge is 0.450 e. The molecule has 2 saturated heterocycles. The van der Waals surface area contributed by atoms with E-state index in [2.05, 4.69) is 10.6 Å². The predicted molar refractivity (Wildman–Crippen MR) is 72.5 cm³/mol. The van der Waals surface area contributed by atoms with E-state index in [0.29, 0.717) is 32.9 Å². The number of likely N-dealkylation sites (tertiary alicyclic amines) is 1. The number of carbonyl (C=O) groups excluding carboxylic acids is 2. The van der Waals surface area contributed by atoms with Gasteiger partial charge in [0.15, 0.2) is 0 Å². The SMILES string of the molecule is CCOC(=O)N1CCC(NC(=O)NC2CCOC2)CC1. The van der Waals surface area contributed by atoms with Crippen molar-refractivity contribution in [1.29, 1.82) is 0 Å². The fraction of sp³-hybridized carbons (Fsp3) is 0.846. The lowest BCUT2D eigenvalue weighted by molar-refractivity contribution is 0.0957. The quantitative estimate of drug-likeness (QED) is 0.800. The molecule has 114 valence electrons. The van der Waals surface area contributed by atoms with Gasteiger partial charge in [-0.15, -0.1) is 0 Å². The van der Waals surface area contributed by atoms with Crippen LogP contribution in [0.15, 0.2) is 0 Å². The summed E-state index contributed by atoms with van der Waals surface area (Å²) in [6, 6.07) is 0.0905. The van der Waals surface area contributed by atoms with Crippen LogP contribution in [0.25, 0.3) is 0 Å². The Hall–Kier alpha value is -1.50. The minimum absolute atomic E-state index is 0.114. The number of amides is 3. The van der Waals surface area contributed by atoms with E-state index >= 15 is 0 Å². The van der Waals surface area contributed by atoms with E-state index in [0.717, 1.165) is 19.3 Å². The molecule has 2 aliphatic rings. The summed E-state index contributed by atoms with van der Waals surface area (Å²) in [5.74, 6) is 0. The Morgan fingerprint density at radius 3 is 2.50 bits per heavy atom. The number of urea groups is 1. The van der Waals surface area contributed by atoms with Gasteiger partial charge in [-0.25, -0.2) is 9.59 Å². The van der Waals surface area contributed by atoms with Gasteiger partial charge in [0.05, 0.1) is 19.3 Å². The van der Waals surface area contributed by atoms with Crippen LogP contribution in [-0.4, -0.2) is 62.0 Å². The van der Waals surface area contributed by atoms with Crippen molar-refractivity contribution in [2.45, 2.75) is 38.3 Å². The third-order valence-electron chi connectivity index (χ3n) is 3.62. The molecule has 0 saturated carbocycles. The molecule has 0 aromatic rings. The second-order valence-corrected chi connectivity index (χ2v) is 5.14. The number of hydrogen-bond donors (Lipinski definition) is 2. The van der Waals surface area contributed by atoms with Gasteiger partial charge in [0.2, 0.25) is 0 Å². The Morgan fingerprint density at radius 1 is 1.20 bits per heavy atom. The van der Waals surface area contributed by atoms with Crippen molar-refractivity contribution in [2.75, 3.05) is 32.9 Å². The Morgan fingerprint density at radius 2 is 1.90 bits per heavy atom. The van der Waals surface area contributed by atoms with Gasteiger partial charge in [-0.1, -0.05) is 0 Å². The standard InChI is InChI=1S/C13H23N3O4/c1-2-20-13(18)16-6-3-10(4-7-16)14-12(17)15-11-5-8-19-9-11/h10-11H,2-9H2,1H3,(H2,14,15,17). The first-order chi connectivity index (χ1) is 9.69. The molecule has 0 bridgehead atoms. The Balaban J connectivity index is 1.65. The second kappa shape index (κ2) is 7.33. The highest BCUT2D eigenvalue weighted by Gasteiger charge is 2.25. The van der Waals surface area contributed by atoms with Crippen molar-refractivity contribution in [3.05, 3.63) is 0 Å². The van der Waals surface area contributed by atoms with E-state index in [1.807, 2.05) is 0 Å². The van der Waals surface area contributed by atoms with E-state index in [4.69, 9.17) is 9.47 Å². The number of hydrogen-bond acceptors (Lipinski definition) is 4. The fourth-order valence-electron chi connectivity index (χ4n) is 2.48. The topological polar surface area (TPSA) is 79.9 Å². The van der Waals surface area contributed by atoms with Crippen molar-refractivity contribution < 1.29 is 19.1 Å². The first kappa shape index (κ1) is 14.9. The van der Waals surface area contributed by atoms with Gasteiger partial charge in [-0.3, -0.25) is 0 Å². The normalized spacial score (nSPS) is 23.4. The van der Waals surface area contributed by atoms with Crippen LogP contribution >= 0.6 is 0 Å². The zero-order valence-electron chi connectivity index (χ0n) is 11.9. The lowest BCUT2D eigenvalue weighted by atomic mass is 10.1. The molecule has 2 rings (SSSR count). The maximum absolute atomic E-state index is 11.8. The van der Waals surface area contributed by atoms with Gasteiger partial charge in [0.25, 0.3) is 0 Å². The third kappa shape index (κ3) is 4.26. The molecule has 2 heterocycles. The van der Waals surface area contributed by atoms with Gasteiger partial charge in [0, 0.05) is 25.7 Å². The summed E-state index contributed by atoms with van der Waals surface area (Å²) in [4.78, 5) is 25.0.